The highest BCUT2D eigenvalue weighted by Crippen LogP contribution is 2.32. The molecule has 0 saturated carbocycles. The molecule has 4 rings (SSSR count). The van der Waals surface area contributed by atoms with Crippen molar-refractivity contribution in [1.29, 1.82) is 0 Å². The van der Waals surface area contributed by atoms with E-state index in [1.165, 1.54) is 5.52 Å². The molecule has 1 aromatic heterocycles. The number of aromatic nitrogens is 2. The van der Waals surface area contributed by atoms with Crippen LogP contribution in [0.2, 0.25) is 0 Å². The van der Waals surface area contributed by atoms with Crippen LogP contribution in [0.3, 0.4) is 0 Å². The van der Waals surface area contributed by atoms with E-state index in [1.807, 2.05) is 18.0 Å². The number of piperazine rings is 1. The Labute approximate surface area is 155 Å². The maximum absolute atomic E-state index is 12.1. The first kappa shape index (κ1) is 17.5. The number of rotatable bonds is 2. The minimum absolute atomic E-state index is 0.100. The van der Waals surface area contributed by atoms with Crippen molar-refractivity contribution in [3.63, 3.8) is 0 Å². The van der Waals surface area contributed by atoms with E-state index in [-0.39, 0.29) is 11.4 Å². The van der Waals surface area contributed by atoms with Crippen molar-refractivity contribution in [3.8, 4) is 0 Å². The summed E-state index contributed by atoms with van der Waals surface area (Å²) in [5.41, 5.74) is 2.35. The monoisotopic (exact) mass is 355 g/mol. The van der Waals surface area contributed by atoms with Crippen molar-refractivity contribution < 1.29 is 4.79 Å². The summed E-state index contributed by atoms with van der Waals surface area (Å²) < 4.78 is 2.21. The Morgan fingerprint density at radius 2 is 1.88 bits per heavy atom. The van der Waals surface area contributed by atoms with Crippen molar-refractivity contribution in [2.45, 2.75) is 31.3 Å². The van der Waals surface area contributed by atoms with Gasteiger partial charge in [-0.1, -0.05) is 12.1 Å². The molecule has 2 aromatic rings. The Kier molecular flexibility index (Phi) is 4.49. The second kappa shape index (κ2) is 6.67. The molecule has 26 heavy (non-hydrogen) atoms. The van der Waals surface area contributed by atoms with E-state index in [0.29, 0.717) is 6.42 Å². The van der Waals surface area contributed by atoms with Gasteiger partial charge in [0.05, 0.1) is 17.6 Å². The van der Waals surface area contributed by atoms with E-state index in [9.17, 15) is 4.79 Å². The second-order valence-electron chi connectivity index (χ2n) is 8.00. The SMILES string of the molecule is CN1CC[C@]2(CCC1=O)CN(Cc1nc3ccccc3n1C)CCN2C. The predicted octanol–water partition coefficient (Wildman–Crippen LogP) is 1.70. The summed E-state index contributed by atoms with van der Waals surface area (Å²) >= 11 is 0. The average Bonchev–Trinajstić information content (AvgIpc) is 2.88. The van der Waals surface area contributed by atoms with E-state index in [1.54, 1.807) is 0 Å². The number of amides is 1. The molecule has 6 nitrogen and oxygen atoms in total. The van der Waals surface area contributed by atoms with Gasteiger partial charge in [0.2, 0.25) is 5.91 Å². The maximum atomic E-state index is 12.1. The normalized spacial score (nSPS) is 26.0. The smallest absolute Gasteiger partial charge is 0.222 e. The number of aryl methyl sites for hydroxylation is 1. The molecule has 2 saturated heterocycles. The van der Waals surface area contributed by atoms with Crippen LogP contribution in [0.1, 0.15) is 25.1 Å². The Hall–Kier alpha value is -1.92. The van der Waals surface area contributed by atoms with Crippen LogP contribution >= 0.6 is 0 Å². The van der Waals surface area contributed by atoms with Gasteiger partial charge in [-0.15, -0.1) is 0 Å². The van der Waals surface area contributed by atoms with Gasteiger partial charge in [-0.05, 0) is 32.0 Å². The largest absolute Gasteiger partial charge is 0.346 e. The third-order valence-corrected chi connectivity index (χ3v) is 6.47. The first-order valence-corrected chi connectivity index (χ1v) is 9.56. The molecule has 2 aliphatic heterocycles. The lowest BCUT2D eigenvalue weighted by molar-refractivity contribution is -0.129. The fraction of sp³-hybridized carbons (Fsp3) is 0.600. The first-order chi connectivity index (χ1) is 12.5. The van der Waals surface area contributed by atoms with Crippen molar-refractivity contribution in [2.75, 3.05) is 40.3 Å². The summed E-state index contributed by atoms with van der Waals surface area (Å²) in [4.78, 5) is 23.9. The van der Waals surface area contributed by atoms with Gasteiger partial charge in [-0.3, -0.25) is 14.6 Å². The number of benzene rings is 1. The van der Waals surface area contributed by atoms with Crippen LogP contribution < -0.4 is 0 Å². The highest BCUT2D eigenvalue weighted by atomic mass is 16.2. The molecule has 140 valence electrons. The lowest BCUT2D eigenvalue weighted by Gasteiger charge is -2.49. The van der Waals surface area contributed by atoms with Crippen LogP contribution in [0.4, 0.5) is 0 Å². The Morgan fingerprint density at radius 1 is 1.08 bits per heavy atom. The van der Waals surface area contributed by atoms with E-state index < -0.39 is 0 Å². The van der Waals surface area contributed by atoms with Crippen LogP contribution in [-0.2, 0) is 18.4 Å². The molecular formula is C20H29N5O. The van der Waals surface area contributed by atoms with E-state index in [0.717, 1.165) is 56.9 Å². The Morgan fingerprint density at radius 3 is 2.69 bits per heavy atom. The summed E-state index contributed by atoms with van der Waals surface area (Å²) in [5.74, 6) is 1.40. The number of fused-ring (bicyclic) bond motifs is 1. The van der Waals surface area contributed by atoms with Gasteiger partial charge in [0.15, 0.2) is 0 Å². The fourth-order valence-corrected chi connectivity index (χ4v) is 4.51. The summed E-state index contributed by atoms with van der Waals surface area (Å²) in [5, 5.41) is 0. The first-order valence-electron chi connectivity index (χ1n) is 9.56. The molecule has 0 N–H and O–H groups in total. The number of carbonyl (C=O) groups is 1. The van der Waals surface area contributed by atoms with E-state index in [2.05, 4.69) is 46.7 Å². The molecule has 0 radical (unpaired) electrons. The maximum Gasteiger partial charge on any atom is 0.222 e. The van der Waals surface area contributed by atoms with Crippen molar-refractivity contribution in [1.82, 2.24) is 24.3 Å². The summed E-state index contributed by atoms with van der Waals surface area (Å²) in [7, 11) is 6.26. The number of carbonyl (C=O) groups excluding carboxylic acids is 1. The van der Waals surface area contributed by atoms with Crippen LogP contribution in [0, 0.1) is 0 Å². The minimum atomic E-state index is 0.100. The van der Waals surface area contributed by atoms with Crippen LogP contribution in [0.25, 0.3) is 11.0 Å². The third-order valence-electron chi connectivity index (χ3n) is 6.47. The van der Waals surface area contributed by atoms with E-state index >= 15 is 0 Å². The Balaban J connectivity index is 1.54. The molecule has 0 unspecified atom stereocenters. The number of para-hydroxylation sites is 2. The molecule has 0 bridgehead atoms. The van der Waals surface area contributed by atoms with Crippen molar-refractivity contribution in [3.05, 3.63) is 30.1 Å². The molecule has 6 heteroatoms. The number of hydrogen-bond donors (Lipinski definition) is 0. The number of imidazole rings is 1. The number of hydrogen-bond acceptors (Lipinski definition) is 4. The van der Waals surface area contributed by atoms with Gasteiger partial charge in [0.25, 0.3) is 0 Å². The van der Waals surface area contributed by atoms with Crippen molar-refractivity contribution >= 4 is 16.9 Å². The molecule has 1 spiro atoms. The number of nitrogens with zero attached hydrogens (tertiary/aromatic N) is 5. The van der Waals surface area contributed by atoms with Gasteiger partial charge in [0.1, 0.15) is 5.82 Å². The molecule has 1 atom stereocenters. The average molecular weight is 355 g/mol. The highest BCUT2D eigenvalue weighted by molar-refractivity contribution is 5.76. The van der Waals surface area contributed by atoms with E-state index in [4.69, 9.17) is 4.98 Å². The Bertz CT molecular complexity index is 816. The van der Waals surface area contributed by atoms with Crippen LogP contribution in [0.5, 0.6) is 0 Å². The van der Waals surface area contributed by atoms with Gasteiger partial charge in [-0.25, -0.2) is 4.98 Å². The van der Waals surface area contributed by atoms with Gasteiger partial charge < -0.3 is 9.47 Å². The van der Waals surface area contributed by atoms with Gasteiger partial charge in [0, 0.05) is 52.2 Å². The molecular weight excluding hydrogens is 326 g/mol. The fourth-order valence-electron chi connectivity index (χ4n) is 4.51. The van der Waals surface area contributed by atoms with Crippen molar-refractivity contribution in [2.24, 2.45) is 7.05 Å². The number of likely N-dealkylation sites (tertiary alicyclic amines) is 1. The van der Waals surface area contributed by atoms with Gasteiger partial charge in [-0.2, -0.15) is 0 Å². The zero-order valence-electron chi connectivity index (χ0n) is 16.1. The topological polar surface area (TPSA) is 44.6 Å². The predicted molar refractivity (Wildman–Crippen MR) is 103 cm³/mol. The van der Waals surface area contributed by atoms with Gasteiger partial charge >= 0.3 is 0 Å². The number of likely N-dealkylation sites (N-methyl/N-ethyl adjacent to an activating group) is 1. The summed E-state index contributed by atoms with van der Waals surface area (Å²) in [6.45, 7) is 4.81. The third kappa shape index (κ3) is 3.01. The molecule has 0 aliphatic carbocycles. The lowest BCUT2D eigenvalue weighted by Crippen LogP contribution is -2.60. The zero-order valence-corrected chi connectivity index (χ0v) is 16.1. The molecule has 1 aromatic carbocycles. The lowest BCUT2D eigenvalue weighted by atomic mass is 9.86. The molecule has 2 fully saturated rings. The van der Waals surface area contributed by atoms with Crippen LogP contribution in [-0.4, -0.2) is 76.0 Å². The van der Waals surface area contributed by atoms with Crippen LogP contribution in [0.15, 0.2) is 24.3 Å². The minimum Gasteiger partial charge on any atom is -0.346 e. The molecule has 2 aliphatic rings. The molecule has 3 heterocycles. The summed E-state index contributed by atoms with van der Waals surface area (Å²) in [6.07, 6.45) is 2.65. The standard InChI is InChI=1S/C20H29N5O/c1-22-11-10-20(9-8-19(22)26)15-25(13-12-23(20)2)14-18-21-16-6-4-5-7-17(16)24(18)3/h4-7H,8-15H2,1-3H3/t20-/m1/s1. The highest BCUT2D eigenvalue weighted by Gasteiger charge is 2.41. The zero-order chi connectivity index (χ0) is 18.3. The quantitative estimate of drug-likeness (QED) is 0.823. The second-order valence-corrected chi connectivity index (χ2v) is 8.00. The molecule has 1 amide bonds. The summed E-state index contributed by atoms with van der Waals surface area (Å²) in [6, 6.07) is 8.32.